The van der Waals surface area contributed by atoms with Crippen LogP contribution >= 0.6 is 23.1 Å². The Morgan fingerprint density at radius 1 is 1.28 bits per heavy atom. The summed E-state index contributed by atoms with van der Waals surface area (Å²) in [6.45, 7) is 7.07. The predicted octanol–water partition coefficient (Wildman–Crippen LogP) is 3.58. The molecule has 0 aliphatic heterocycles. The Hall–Kier alpha value is -1.80. The number of ether oxygens (including phenoxy) is 1. The van der Waals surface area contributed by atoms with Crippen molar-refractivity contribution in [3.05, 3.63) is 29.8 Å². The fourth-order valence-corrected chi connectivity index (χ4v) is 3.71. The van der Waals surface area contributed by atoms with E-state index in [1.165, 1.54) is 23.1 Å². The standard InChI is InChI=1S/C17H24N4O2S2/c1-11(2)9-18-16-20-21-17(25-16)24-10-15(22)19-12(3)13-7-5-6-8-14(13)23-4/h5-8,11-12H,9-10H2,1-4H3,(H,18,20)(H,19,22). The molecule has 1 aromatic carbocycles. The number of carbonyl (C=O) groups is 1. The predicted molar refractivity (Wildman–Crippen MR) is 104 cm³/mol. The zero-order chi connectivity index (χ0) is 18.2. The highest BCUT2D eigenvalue weighted by Gasteiger charge is 2.14. The summed E-state index contributed by atoms with van der Waals surface area (Å²) in [6, 6.07) is 7.56. The molecule has 0 radical (unpaired) electrons. The van der Waals surface area contributed by atoms with Gasteiger partial charge in [-0.1, -0.05) is 55.1 Å². The summed E-state index contributed by atoms with van der Waals surface area (Å²) >= 11 is 2.86. The Morgan fingerprint density at radius 3 is 2.76 bits per heavy atom. The monoisotopic (exact) mass is 380 g/mol. The van der Waals surface area contributed by atoms with Crippen LogP contribution in [0, 0.1) is 5.92 Å². The van der Waals surface area contributed by atoms with Gasteiger partial charge in [0.25, 0.3) is 0 Å². The molecule has 0 spiro atoms. The molecule has 2 aromatic rings. The van der Waals surface area contributed by atoms with Crippen LogP contribution in [0.1, 0.15) is 32.4 Å². The minimum absolute atomic E-state index is 0.0460. The van der Waals surface area contributed by atoms with Crippen molar-refractivity contribution in [2.24, 2.45) is 5.92 Å². The van der Waals surface area contributed by atoms with Gasteiger partial charge in [0.05, 0.1) is 18.9 Å². The quantitative estimate of drug-likeness (QED) is 0.648. The van der Waals surface area contributed by atoms with Crippen LogP contribution in [-0.2, 0) is 4.79 Å². The number of carbonyl (C=O) groups excluding carboxylic acids is 1. The van der Waals surface area contributed by atoms with Crippen molar-refractivity contribution in [2.45, 2.75) is 31.2 Å². The van der Waals surface area contributed by atoms with E-state index in [2.05, 4.69) is 34.7 Å². The molecule has 1 aromatic heterocycles. The molecule has 0 aliphatic rings. The molecule has 25 heavy (non-hydrogen) atoms. The zero-order valence-corrected chi connectivity index (χ0v) is 16.5. The molecular formula is C17H24N4O2S2. The lowest BCUT2D eigenvalue weighted by atomic mass is 10.1. The highest BCUT2D eigenvalue weighted by Crippen LogP contribution is 2.27. The van der Waals surface area contributed by atoms with Crippen molar-refractivity contribution in [3.8, 4) is 5.75 Å². The second-order valence-corrected chi connectivity index (χ2v) is 8.17. The molecule has 0 fully saturated rings. The SMILES string of the molecule is COc1ccccc1C(C)NC(=O)CSc1nnc(NCC(C)C)s1. The molecule has 0 bridgehead atoms. The third-order valence-corrected chi connectivity index (χ3v) is 5.39. The fraction of sp³-hybridized carbons (Fsp3) is 0.471. The van der Waals surface area contributed by atoms with Crippen LogP contribution in [0.4, 0.5) is 5.13 Å². The highest BCUT2D eigenvalue weighted by molar-refractivity contribution is 8.01. The van der Waals surface area contributed by atoms with Gasteiger partial charge in [-0.15, -0.1) is 10.2 Å². The number of hydrogen-bond acceptors (Lipinski definition) is 7. The van der Waals surface area contributed by atoms with E-state index in [-0.39, 0.29) is 11.9 Å². The minimum atomic E-state index is -0.123. The van der Waals surface area contributed by atoms with E-state index in [1.807, 2.05) is 31.2 Å². The maximum atomic E-state index is 12.2. The number of anilines is 1. The number of methoxy groups -OCH3 is 1. The molecule has 1 unspecified atom stereocenters. The van der Waals surface area contributed by atoms with Crippen LogP contribution in [-0.4, -0.2) is 35.5 Å². The molecule has 2 rings (SSSR count). The Morgan fingerprint density at radius 2 is 2.04 bits per heavy atom. The van der Waals surface area contributed by atoms with Crippen LogP contribution in [0.3, 0.4) is 0 Å². The molecule has 2 N–H and O–H groups in total. The average molecular weight is 381 g/mol. The van der Waals surface area contributed by atoms with Gasteiger partial charge < -0.3 is 15.4 Å². The Balaban J connectivity index is 1.82. The first-order chi connectivity index (χ1) is 12.0. The third kappa shape index (κ3) is 6.21. The zero-order valence-electron chi connectivity index (χ0n) is 14.9. The summed E-state index contributed by atoms with van der Waals surface area (Å²) in [6.07, 6.45) is 0. The lowest BCUT2D eigenvalue weighted by Gasteiger charge is -2.16. The molecule has 0 saturated heterocycles. The topological polar surface area (TPSA) is 76.1 Å². The maximum absolute atomic E-state index is 12.2. The number of amides is 1. The van der Waals surface area contributed by atoms with Crippen LogP contribution in [0.2, 0.25) is 0 Å². The summed E-state index contributed by atoms with van der Waals surface area (Å²) < 4.78 is 6.12. The molecule has 1 amide bonds. The highest BCUT2D eigenvalue weighted by atomic mass is 32.2. The second-order valence-electron chi connectivity index (χ2n) is 5.97. The van der Waals surface area contributed by atoms with Crippen molar-refractivity contribution in [1.29, 1.82) is 0 Å². The van der Waals surface area contributed by atoms with Crippen molar-refractivity contribution >= 4 is 34.1 Å². The van der Waals surface area contributed by atoms with E-state index in [0.29, 0.717) is 11.7 Å². The molecular weight excluding hydrogens is 356 g/mol. The van der Waals surface area contributed by atoms with Gasteiger partial charge in [0, 0.05) is 12.1 Å². The summed E-state index contributed by atoms with van der Waals surface area (Å²) in [5.74, 6) is 1.57. The molecule has 8 heteroatoms. The van der Waals surface area contributed by atoms with E-state index < -0.39 is 0 Å². The van der Waals surface area contributed by atoms with Crippen LogP contribution in [0.15, 0.2) is 28.6 Å². The van der Waals surface area contributed by atoms with E-state index in [1.54, 1.807) is 7.11 Å². The summed E-state index contributed by atoms with van der Waals surface area (Å²) in [5.41, 5.74) is 0.958. The molecule has 1 atom stereocenters. The molecule has 0 saturated carbocycles. The van der Waals surface area contributed by atoms with Crippen LogP contribution in [0.5, 0.6) is 5.75 Å². The lowest BCUT2D eigenvalue weighted by molar-refractivity contribution is -0.119. The first-order valence-corrected chi connectivity index (χ1v) is 9.92. The number of aromatic nitrogens is 2. The number of nitrogens with zero attached hydrogens (tertiary/aromatic N) is 2. The third-order valence-electron chi connectivity index (χ3n) is 3.38. The number of para-hydroxylation sites is 1. The Kier molecular flexibility index (Phi) is 7.52. The summed E-state index contributed by atoms with van der Waals surface area (Å²) in [5, 5.41) is 15.2. The first-order valence-electron chi connectivity index (χ1n) is 8.12. The summed E-state index contributed by atoms with van der Waals surface area (Å²) in [7, 11) is 1.63. The van der Waals surface area contributed by atoms with Gasteiger partial charge in [-0.25, -0.2) is 0 Å². The first kappa shape index (κ1) is 19.5. The average Bonchev–Trinajstić information content (AvgIpc) is 3.06. The van der Waals surface area contributed by atoms with Gasteiger partial charge in [-0.2, -0.15) is 0 Å². The van der Waals surface area contributed by atoms with Crippen molar-refractivity contribution in [1.82, 2.24) is 15.5 Å². The smallest absolute Gasteiger partial charge is 0.230 e. The van der Waals surface area contributed by atoms with Gasteiger partial charge >= 0.3 is 0 Å². The van der Waals surface area contributed by atoms with Gasteiger partial charge in [0.1, 0.15) is 5.75 Å². The van der Waals surface area contributed by atoms with Gasteiger partial charge in [0.15, 0.2) is 4.34 Å². The number of rotatable bonds is 9. The van der Waals surface area contributed by atoms with E-state index in [0.717, 1.165) is 27.3 Å². The van der Waals surface area contributed by atoms with Crippen molar-refractivity contribution < 1.29 is 9.53 Å². The number of hydrogen-bond donors (Lipinski definition) is 2. The Bertz CT molecular complexity index is 691. The van der Waals surface area contributed by atoms with Crippen LogP contribution in [0.25, 0.3) is 0 Å². The van der Waals surface area contributed by atoms with E-state index >= 15 is 0 Å². The number of nitrogens with one attached hydrogen (secondary N) is 2. The van der Waals surface area contributed by atoms with Gasteiger partial charge in [-0.05, 0) is 18.9 Å². The summed E-state index contributed by atoms with van der Waals surface area (Å²) in [4.78, 5) is 12.2. The Labute approximate surface area is 156 Å². The number of thioether (sulfide) groups is 1. The van der Waals surface area contributed by atoms with E-state index in [9.17, 15) is 4.79 Å². The van der Waals surface area contributed by atoms with Crippen molar-refractivity contribution in [3.63, 3.8) is 0 Å². The largest absolute Gasteiger partial charge is 0.496 e. The van der Waals surface area contributed by atoms with Crippen molar-refractivity contribution in [2.75, 3.05) is 24.7 Å². The molecule has 136 valence electrons. The lowest BCUT2D eigenvalue weighted by Crippen LogP contribution is -2.28. The van der Waals surface area contributed by atoms with Gasteiger partial charge in [0.2, 0.25) is 11.0 Å². The number of benzene rings is 1. The normalized spacial score (nSPS) is 12.0. The second kappa shape index (κ2) is 9.62. The van der Waals surface area contributed by atoms with Gasteiger partial charge in [-0.3, -0.25) is 4.79 Å². The maximum Gasteiger partial charge on any atom is 0.230 e. The van der Waals surface area contributed by atoms with Crippen LogP contribution < -0.4 is 15.4 Å². The molecule has 1 heterocycles. The fourth-order valence-electron chi connectivity index (χ4n) is 2.14. The molecule has 0 aliphatic carbocycles. The van der Waals surface area contributed by atoms with E-state index in [4.69, 9.17) is 4.74 Å². The minimum Gasteiger partial charge on any atom is -0.496 e. The molecule has 6 nitrogen and oxygen atoms in total.